The minimum absolute atomic E-state index is 0.0168. The maximum atomic E-state index is 12.8. The molecule has 1 saturated heterocycles. The quantitative estimate of drug-likeness (QED) is 0.896. The Hall–Kier alpha value is -1.91. The van der Waals surface area contributed by atoms with Gasteiger partial charge in [-0.3, -0.25) is 9.78 Å². The maximum Gasteiger partial charge on any atom is 0.225 e. The number of aromatic nitrogens is 1. The molecule has 0 saturated carbocycles. The van der Waals surface area contributed by atoms with Crippen LogP contribution < -0.4 is 10.6 Å². The van der Waals surface area contributed by atoms with Gasteiger partial charge in [-0.2, -0.15) is 0 Å². The van der Waals surface area contributed by atoms with E-state index < -0.39 is 0 Å². The number of carbonyl (C=O) groups is 1. The summed E-state index contributed by atoms with van der Waals surface area (Å²) in [5.41, 5.74) is 3.22. The van der Waals surface area contributed by atoms with Crippen LogP contribution in [0.5, 0.6) is 0 Å². The van der Waals surface area contributed by atoms with E-state index in [0.717, 1.165) is 17.8 Å². The van der Waals surface area contributed by atoms with Crippen molar-refractivity contribution >= 4 is 17.5 Å². The number of aryl methyl sites for hydroxylation is 1. The minimum atomic E-state index is -0.120. The zero-order valence-electron chi connectivity index (χ0n) is 13.9. The minimum Gasteiger partial charge on any atom is -0.349 e. The molecular formula is C19H22ClN3O. The lowest BCUT2D eigenvalue weighted by molar-refractivity contribution is -0.125. The first kappa shape index (κ1) is 16.9. The van der Waals surface area contributed by atoms with E-state index in [1.165, 1.54) is 5.56 Å². The fourth-order valence-electron chi connectivity index (χ4n) is 3.21. The van der Waals surface area contributed by atoms with E-state index in [4.69, 9.17) is 11.6 Å². The topological polar surface area (TPSA) is 54.0 Å². The first-order valence-corrected chi connectivity index (χ1v) is 8.61. The zero-order chi connectivity index (χ0) is 17.1. The molecule has 0 bridgehead atoms. The van der Waals surface area contributed by atoms with Gasteiger partial charge in [0.05, 0.1) is 17.0 Å². The van der Waals surface area contributed by atoms with Crippen molar-refractivity contribution in [2.75, 3.05) is 13.1 Å². The molecule has 1 aliphatic rings. The third-order valence-electron chi connectivity index (χ3n) is 4.58. The highest BCUT2D eigenvalue weighted by molar-refractivity contribution is 6.30. The molecule has 2 aromatic rings. The Morgan fingerprint density at radius 2 is 2.17 bits per heavy atom. The van der Waals surface area contributed by atoms with Gasteiger partial charge in [-0.25, -0.2) is 0 Å². The van der Waals surface area contributed by atoms with Crippen molar-refractivity contribution in [3.05, 3.63) is 64.4 Å². The highest BCUT2D eigenvalue weighted by atomic mass is 35.5. The van der Waals surface area contributed by atoms with Crippen LogP contribution in [0.25, 0.3) is 0 Å². The van der Waals surface area contributed by atoms with Gasteiger partial charge in [0.1, 0.15) is 0 Å². The third-order valence-corrected chi connectivity index (χ3v) is 4.81. The van der Waals surface area contributed by atoms with Gasteiger partial charge in [-0.05, 0) is 31.5 Å². The fraction of sp³-hybridized carbons (Fsp3) is 0.368. The lowest BCUT2D eigenvalue weighted by Crippen LogP contribution is -2.36. The number of nitrogens with one attached hydrogen (secondary N) is 2. The second-order valence-corrected chi connectivity index (χ2v) is 6.85. The molecule has 2 heterocycles. The lowest BCUT2D eigenvalue weighted by Gasteiger charge is -2.21. The summed E-state index contributed by atoms with van der Waals surface area (Å²) in [4.78, 5) is 17.1. The van der Waals surface area contributed by atoms with Gasteiger partial charge >= 0.3 is 0 Å². The average Bonchev–Trinajstić information content (AvgIpc) is 3.05. The SMILES string of the molecule is Cc1cccc(C(C)NC(=O)C2CNCC2c2ccc(Cl)cn2)c1. The number of hydrogen-bond donors (Lipinski definition) is 2. The molecule has 0 spiro atoms. The smallest absolute Gasteiger partial charge is 0.225 e. The second kappa shape index (κ2) is 7.32. The Morgan fingerprint density at radius 3 is 2.88 bits per heavy atom. The van der Waals surface area contributed by atoms with Gasteiger partial charge < -0.3 is 10.6 Å². The second-order valence-electron chi connectivity index (χ2n) is 6.42. The fourth-order valence-corrected chi connectivity index (χ4v) is 3.33. The summed E-state index contributed by atoms with van der Waals surface area (Å²) in [6.07, 6.45) is 1.64. The van der Waals surface area contributed by atoms with E-state index >= 15 is 0 Å². The molecule has 3 atom stereocenters. The predicted molar refractivity (Wildman–Crippen MR) is 96.1 cm³/mol. The Balaban J connectivity index is 1.70. The van der Waals surface area contributed by atoms with Gasteiger partial charge in [-0.15, -0.1) is 0 Å². The number of carbonyl (C=O) groups excluding carboxylic acids is 1. The van der Waals surface area contributed by atoms with Crippen molar-refractivity contribution in [3.63, 3.8) is 0 Å². The van der Waals surface area contributed by atoms with Crippen LogP contribution >= 0.6 is 11.6 Å². The normalized spacial score (nSPS) is 21.5. The van der Waals surface area contributed by atoms with E-state index in [1.54, 1.807) is 6.20 Å². The molecule has 1 aromatic carbocycles. The molecule has 1 fully saturated rings. The van der Waals surface area contributed by atoms with Crippen LogP contribution in [-0.4, -0.2) is 24.0 Å². The van der Waals surface area contributed by atoms with Crippen LogP contribution in [-0.2, 0) is 4.79 Å². The molecule has 1 amide bonds. The van der Waals surface area contributed by atoms with Crippen LogP contribution in [0.15, 0.2) is 42.6 Å². The number of halogens is 1. The number of pyridine rings is 1. The summed E-state index contributed by atoms with van der Waals surface area (Å²) in [5.74, 6) is 0.0219. The number of nitrogens with zero attached hydrogens (tertiary/aromatic N) is 1. The summed E-state index contributed by atoms with van der Waals surface area (Å²) in [7, 11) is 0. The van der Waals surface area contributed by atoms with Gasteiger partial charge in [0.15, 0.2) is 0 Å². The first-order valence-electron chi connectivity index (χ1n) is 8.23. The Bertz CT molecular complexity index is 717. The standard InChI is InChI=1S/C19H22ClN3O/c1-12-4-3-5-14(8-12)13(2)23-19(24)17-11-21-10-16(17)18-7-6-15(20)9-22-18/h3-9,13,16-17,21H,10-11H2,1-2H3,(H,23,24). The summed E-state index contributed by atoms with van der Waals surface area (Å²) >= 11 is 5.91. The van der Waals surface area contributed by atoms with Gasteiger partial charge in [0.2, 0.25) is 5.91 Å². The molecule has 2 N–H and O–H groups in total. The largest absolute Gasteiger partial charge is 0.349 e. The highest BCUT2D eigenvalue weighted by Gasteiger charge is 2.35. The average molecular weight is 344 g/mol. The van der Waals surface area contributed by atoms with E-state index in [0.29, 0.717) is 11.6 Å². The zero-order valence-corrected chi connectivity index (χ0v) is 14.7. The number of rotatable bonds is 4. The van der Waals surface area contributed by atoms with E-state index in [1.807, 2.05) is 31.2 Å². The predicted octanol–water partition coefficient (Wildman–Crippen LogP) is 3.22. The van der Waals surface area contributed by atoms with Gasteiger partial charge in [0, 0.05) is 30.9 Å². The van der Waals surface area contributed by atoms with Gasteiger partial charge in [0.25, 0.3) is 0 Å². The molecule has 5 heteroatoms. The monoisotopic (exact) mass is 343 g/mol. The number of benzene rings is 1. The van der Waals surface area contributed by atoms with Crippen LogP contribution in [0.3, 0.4) is 0 Å². The Kier molecular flexibility index (Phi) is 5.17. The summed E-state index contributed by atoms with van der Waals surface area (Å²) in [6.45, 7) is 5.50. The van der Waals surface area contributed by atoms with Crippen molar-refractivity contribution in [1.29, 1.82) is 0 Å². The molecular weight excluding hydrogens is 322 g/mol. The van der Waals surface area contributed by atoms with Crippen molar-refractivity contribution in [2.45, 2.75) is 25.8 Å². The summed E-state index contributed by atoms with van der Waals surface area (Å²) < 4.78 is 0. The maximum absolute atomic E-state index is 12.8. The Morgan fingerprint density at radius 1 is 1.33 bits per heavy atom. The van der Waals surface area contributed by atoms with Crippen molar-refractivity contribution in [1.82, 2.24) is 15.6 Å². The van der Waals surface area contributed by atoms with Crippen LogP contribution in [0, 0.1) is 12.8 Å². The molecule has 1 aliphatic heterocycles. The van der Waals surface area contributed by atoms with Crippen LogP contribution in [0.4, 0.5) is 0 Å². The molecule has 3 rings (SSSR count). The molecule has 24 heavy (non-hydrogen) atoms. The van der Waals surface area contributed by atoms with E-state index in [9.17, 15) is 4.79 Å². The molecule has 126 valence electrons. The Labute approximate surface area is 147 Å². The highest BCUT2D eigenvalue weighted by Crippen LogP contribution is 2.28. The van der Waals surface area contributed by atoms with Crippen molar-refractivity contribution in [2.24, 2.45) is 5.92 Å². The molecule has 4 nitrogen and oxygen atoms in total. The lowest BCUT2D eigenvalue weighted by atomic mass is 9.91. The third kappa shape index (κ3) is 3.77. The summed E-state index contributed by atoms with van der Waals surface area (Å²) in [6, 6.07) is 11.9. The van der Waals surface area contributed by atoms with Crippen LogP contribution in [0.2, 0.25) is 5.02 Å². The van der Waals surface area contributed by atoms with Gasteiger partial charge in [-0.1, -0.05) is 41.4 Å². The molecule has 3 unspecified atom stereocenters. The number of amides is 1. The first-order chi connectivity index (χ1) is 11.5. The van der Waals surface area contributed by atoms with Crippen LogP contribution in [0.1, 0.15) is 35.7 Å². The molecule has 0 aliphatic carbocycles. The molecule has 1 aromatic heterocycles. The van der Waals surface area contributed by atoms with Crippen molar-refractivity contribution < 1.29 is 4.79 Å². The van der Waals surface area contributed by atoms with E-state index in [2.05, 4.69) is 34.7 Å². The van der Waals surface area contributed by atoms with E-state index in [-0.39, 0.29) is 23.8 Å². The molecule has 0 radical (unpaired) electrons. The number of hydrogen-bond acceptors (Lipinski definition) is 3. The van der Waals surface area contributed by atoms with Crippen molar-refractivity contribution in [3.8, 4) is 0 Å². The summed E-state index contributed by atoms with van der Waals surface area (Å²) in [5, 5.41) is 7.06.